The molecule has 0 radical (unpaired) electrons. The molecule has 0 saturated carbocycles. The van der Waals surface area contributed by atoms with Gasteiger partial charge in [0.25, 0.3) is 5.91 Å². The Morgan fingerprint density at radius 3 is 2.65 bits per heavy atom. The van der Waals surface area contributed by atoms with Crippen molar-refractivity contribution in [1.82, 2.24) is 20.0 Å². The number of hydrogen-bond donors (Lipinski definition) is 1. The Labute approximate surface area is 188 Å². The highest BCUT2D eigenvalue weighted by Gasteiger charge is 2.17. The SMILES string of the molecule is Cc1nn(-c2ccc(C#N)c(Cl)c2)c(C)c1Cc1ccccc1C(=O)NCCN(C)C. The van der Waals surface area contributed by atoms with Crippen LogP contribution in [-0.2, 0) is 6.42 Å². The molecule has 0 aliphatic carbocycles. The lowest BCUT2D eigenvalue weighted by atomic mass is 9.98. The Hall–Kier alpha value is -3.14. The molecule has 1 N–H and O–H groups in total. The second-order valence-corrected chi connectivity index (χ2v) is 8.14. The maximum atomic E-state index is 12.7. The molecule has 0 spiro atoms. The number of halogens is 1. The number of rotatable bonds is 7. The van der Waals surface area contributed by atoms with Gasteiger partial charge in [-0.05, 0) is 57.8 Å². The Balaban J connectivity index is 1.89. The van der Waals surface area contributed by atoms with E-state index in [9.17, 15) is 4.79 Å². The van der Waals surface area contributed by atoms with Gasteiger partial charge in [0.1, 0.15) is 6.07 Å². The maximum Gasteiger partial charge on any atom is 0.251 e. The average Bonchev–Trinajstić information content (AvgIpc) is 3.02. The van der Waals surface area contributed by atoms with Gasteiger partial charge >= 0.3 is 0 Å². The third kappa shape index (κ3) is 5.13. The predicted octanol–water partition coefficient (Wildman–Crippen LogP) is 3.90. The van der Waals surface area contributed by atoms with E-state index >= 15 is 0 Å². The number of benzene rings is 2. The summed E-state index contributed by atoms with van der Waals surface area (Å²) in [5.41, 5.74) is 5.78. The summed E-state index contributed by atoms with van der Waals surface area (Å²) in [5.74, 6) is -0.0703. The number of likely N-dealkylation sites (N-methyl/N-ethyl adjacent to an activating group) is 1. The molecule has 0 unspecified atom stereocenters. The summed E-state index contributed by atoms with van der Waals surface area (Å²) in [6.45, 7) is 5.34. The number of carbonyl (C=O) groups excluding carboxylic acids is 1. The van der Waals surface area contributed by atoms with Crippen LogP contribution < -0.4 is 5.32 Å². The summed E-state index contributed by atoms with van der Waals surface area (Å²) >= 11 is 6.21. The van der Waals surface area contributed by atoms with Crippen molar-refractivity contribution in [3.8, 4) is 11.8 Å². The van der Waals surface area contributed by atoms with Crippen molar-refractivity contribution >= 4 is 17.5 Å². The standard InChI is InChI=1S/C24H26ClN5O/c1-16-22(17(2)30(28-16)20-10-9-19(15-26)23(25)14-20)13-18-7-5-6-8-21(18)24(31)27-11-12-29(3)4/h5-10,14H,11-13H2,1-4H3,(H,27,31). The highest BCUT2D eigenvalue weighted by Crippen LogP contribution is 2.25. The number of carbonyl (C=O) groups is 1. The molecule has 2 aromatic carbocycles. The lowest BCUT2D eigenvalue weighted by Gasteiger charge is -2.13. The number of nitrogens with one attached hydrogen (secondary N) is 1. The van der Waals surface area contributed by atoms with E-state index in [1.807, 2.05) is 67.9 Å². The van der Waals surface area contributed by atoms with E-state index in [1.54, 1.807) is 12.1 Å². The van der Waals surface area contributed by atoms with Gasteiger partial charge in [0.15, 0.2) is 0 Å². The third-order valence-electron chi connectivity index (χ3n) is 5.23. The topological polar surface area (TPSA) is 73.9 Å². The summed E-state index contributed by atoms with van der Waals surface area (Å²) in [6, 6.07) is 15.0. The number of nitriles is 1. The maximum absolute atomic E-state index is 12.7. The highest BCUT2D eigenvalue weighted by molar-refractivity contribution is 6.31. The summed E-state index contributed by atoms with van der Waals surface area (Å²) in [6.07, 6.45) is 0.596. The van der Waals surface area contributed by atoms with E-state index < -0.39 is 0 Å². The van der Waals surface area contributed by atoms with Crippen molar-refractivity contribution in [1.29, 1.82) is 5.26 Å². The number of aryl methyl sites for hydroxylation is 1. The summed E-state index contributed by atoms with van der Waals surface area (Å²) in [7, 11) is 3.95. The van der Waals surface area contributed by atoms with Gasteiger partial charge in [-0.15, -0.1) is 0 Å². The van der Waals surface area contributed by atoms with Gasteiger partial charge in [-0.1, -0.05) is 29.8 Å². The smallest absolute Gasteiger partial charge is 0.251 e. The molecule has 7 heteroatoms. The van der Waals surface area contributed by atoms with Gasteiger partial charge in [0, 0.05) is 36.3 Å². The minimum atomic E-state index is -0.0703. The Morgan fingerprint density at radius 1 is 1.23 bits per heavy atom. The van der Waals surface area contributed by atoms with Crippen molar-refractivity contribution in [3.05, 3.63) is 81.1 Å². The van der Waals surface area contributed by atoms with Crippen LogP contribution in [0.25, 0.3) is 5.69 Å². The van der Waals surface area contributed by atoms with Gasteiger partial charge in [-0.25, -0.2) is 4.68 Å². The third-order valence-corrected chi connectivity index (χ3v) is 5.55. The molecule has 3 rings (SSSR count). The van der Waals surface area contributed by atoms with Crippen LogP contribution in [0.5, 0.6) is 0 Å². The number of aromatic nitrogens is 2. The van der Waals surface area contributed by atoms with E-state index in [0.29, 0.717) is 29.1 Å². The Kier molecular flexibility index (Phi) is 7.11. The number of amides is 1. The fraction of sp³-hybridized carbons (Fsp3) is 0.292. The first kappa shape index (κ1) is 22.5. The van der Waals surface area contributed by atoms with Crippen molar-refractivity contribution in [2.45, 2.75) is 20.3 Å². The average molecular weight is 436 g/mol. The zero-order chi connectivity index (χ0) is 22.5. The molecule has 0 saturated heterocycles. The first-order valence-corrected chi connectivity index (χ1v) is 10.5. The van der Waals surface area contributed by atoms with Gasteiger partial charge < -0.3 is 10.2 Å². The molecule has 0 aliphatic rings. The second kappa shape index (κ2) is 9.78. The van der Waals surface area contributed by atoms with E-state index in [0.717, 1.165) is 34.7 Å². The van der Waals surface area contributed by atoms with E-state index in [4.69, 9.17) is 16.9 Å². The molecule has 31 heavy (non-hydrogen) atoms. The lowest BCUT2D eigenvalue weighted by Crippen LogP contribution is -2.31. The molecule has 0 aliphatic heterocycles. The number of nitrogens with zero attached hydrogens (tertiary/aromatic N) is 4. The fourth-order valence-electron chi connectivity index (χ4n) is 3.48. The summed E-state index contributed by atoms with van der Waals surface area (Å²) < 4.78 is 1.83. The van der Waals surface area contributed by atoms with Gasteiger partial charge in [-0.2, -0.15) is 10.4 Å². The molecule has 160 valence electrons. The van der Waals surface area contributed by atoms with Crippen LogP contribution in [0.4, 0.5) is 0 Å². The monoisotopic (exact) mass is 435 g/mol. The quantitative estimate of drug-likeness (QED) is 0.610. The molecule has 0 fully saturated rings. The Morgan fingerprint density at radius 2 is 1.97 bits per heavy atom. The van der Waals surface area contributed by atoms with Crippen LogP contribution in [0.1, 0.15) is 38.4 Å². The van der Waals surface area contributed by atoms with Gasteiger partial charge in [0.2, 0.25) is 0 Å². The summed E-state index contributed by atoms with van der Waals surface area (Å²) in [4.78, 5) is 14.8. The molecular formula is C24H26ClN5O. The normalized spacial score (nSPS) is 10.9. The van der Waals surface area contributed by atoms with Crippen molar-refractivity contribution in [3.63, 3.8) is 0 Å². The summed E-state index contributed by atoms with van der Waals surface area (Å²) in [5, 5.41) is 17.2. The minimum Gasteiger partial charge on any atom is -0.351 e. The molecule has 0 atom stereocenters. The first-order chi connectivity index (χ1) is 14.8. The molecule has 1 amide bonds. The highest BCUT2D eigenvalue weighted by atomic mass is 35.5. The zero-order valence-corrected chi connectivity index (χ0v) is 19.0. The van der Waals surface area contributed by atoms with E-state index in [2.05, 4.69) is 16.5 Å². The Bertz CT molecular complexity index is 1140. The van der Waals surface area contributed by atoms with Gasteiger partial charge in [0.05, 0.1) is 22.0 Å². The second-order valence-electron chi connectivity index (χ2n) is 7.73. The van der Waals surface area contributed by atoms with Crippen molar-refractivity contribution in [2.75, 3.05) is 27.2 Å². The molecular weight excluding hydrogens is 410 g/mol. The lowest BCUT2D eigenvalue weighted by molar-refractivity contribution is 0.0950. The van der Waals surface area contributed by atoms with Crippen molar-refractivity contribution in [2.24, 2.45) is 0 Å². The van der Waals surface area contributed by atoms with Crippen LogP contribution in [0.3, 0.4) is 0 Å². The molecule has 6 nitrogen and oxygen atoms in total. The first-order valence-electron chi connectivity index (χ1n) is 10.1. The van der Waals surface area contributed by atoms with Crippen LogP contribution in [0.2, 0.25) is 5.02 Å². The van der Waals surface area contributed by atoms with Crippen molar-refractivity contribution < 1.29 is 4.79 Å². The zero-order valence-electron chi connectivity index (χ0n) is 18.2. The fourth-order valence-corrected chi connectivity index (χ4v) is 3.70. The molecule has 3 aromatic rings. The molecule has 1 aromatic heterocycles. The molecule has 1 heterocycles. The predicted molar refractivity (Wildman–Crippen MR) is 123 cm³/mol. The van der Waals surface area contributed by atoms with Crippen LogP contribution in [0, 0.1) is 25.2 Å². The van der Waals surface area contributed by atoms with E-state index in [-0.39, 0.29) is 5.91 Å². The van der Waals surface area contributed by atoms with Crippen LogP contribution >= 0.6 is 11.6 Å². The minimum absolute atomic E-state index is 0.0703. The van der Waals surface area contributed by atoms with Gasteiger partial charge in [-0.3, -0.25) is 4.79 Å². The number of hydrogen-bond acceptors (Lipinski definition) is 4. The largest absolute Gasteiger partial charge is 0.351 e. The van der Waals surface area contributed by atoms with E-state index in [1.165, 1.54) is 0 Å². The van der Waals surface area contributed by atoms with Crippen LogP contribution in [0.15, 0.2) is 42.5 Å². The van der Waals surface area contributed by atoms with Crippen LogP contribution in [-0.4, -0.2) is 47.8 Å². The molecule has 0 bridgehead atoms.